The van der Waals surface area contributed by atoms with Gasteiger partial charge in [-0.25, -0.2) is 9.97 Å². The SMILES string of the molecule is Brc1cc2nc(I)cnc2s1. The van der Waals surface area contributed by atoms with E-state index in [0.717, 1.165) is 17.8 Å². The van der Waals surface area contributed by atoms with Crippen molar-refractivity contribution in [3.8, 4) is 0 Å². The highest BCUT2D eigenvalue weighted by Crippen LogP contribution is 2.26. The van der Waals surface area contributed by atoms with Gasteiger partial charge in [0, 0.05) is 0 Å². The molecule has 0 saturated carbocycles. The Morgan fingerprint density at radius 1 is 1.55 bits per heavy atom. The average molecular weight is 341 g/mol. The highest BCUT2D eigenvalue weighted by Gasteiger charge is 2.01. The first kappa shape index (κ1) is 7.88. The molecule has 0 aliphatic carbocycles. The molecule has 2 rings (SSSR count). The molecule has 0 aromatic carbocycles. The van der Waals surface area contributed by atoms with Gasteiger partial charge in [0.2, 0.25) is 0 Å². The Balaban J connectivity index is 2.82. The summed E-state index contributed by atoms with van der Waals surface area (Å²) in [6.07, 6.45) is 1.77. The van der Waals surface area contributed by atoms with Crippen molar-refractivity contribution in [3.63, 3.8) is 0 Å². The van der Waals surface area contributed by atoms with E-state index in [-0.39, 0.29) is 0 Å². The lowest BCUT2D eigenvalue weighted by Gasteiger charge is -1.86. The number of aromatic nitrogens is 2. The van der Waals surface area contributed by atoms with Crippen LogP contribution in [0.5, 0.6) is 0 Å². The van der Waals surface area contributed by atoms with Crippen molar-refractivity contribution in [3.05, 3.63) is 19.8 Å². The summed E-state index contributed by atoms with van der Waals surface area (Å²) in [5.74, 6) is 0. The van der Waals surface area contributed by atoms with Gasteiger partial charge < -0.3 is 0 Å². The molecule has 0 atom stereocenters. The summed E-state index contributed by atoms with van der Waals surface area (Å²) >= 11 is 7.14. The Bertz CT molecular complexity index is 400. The van der Waals surface area contributed by atoms with E-state index in [2.05, 4.69) is 48.5 Å². The number of hydrogen-bond donors (Lipinski definition) is 0. The van der Waals surface area contributed by atoms with Crippen LogP contribution in [0.15, 0.2) is 16.0 Å². The highest BCUT2D eigenvalue weighted by molar-refractivity contribution is 14.1. The number of halogens is 2. The minimum absolute atomic E-state index is 0.931. The second-order valence-corrected chi connectivity index (χ2v) is 5.45. The molecule has 0 saturated heterocycles. The van der Waals surface area contributed by atoms with Crippen LogP contribution >= 0.6 is 49.9 Å². The molecule has 0 spiro atoms. The summed E-state index contributed by atoms with van der Waals surface area (Å²) in [4.78, 5) is 9.50. The molecule has 2 aromatic heterocycles. The van der Waals surface area contributed by atoms with Gasteiger partial charge in [-0.15, -0.1) is 11.3 Å². The van der Waals surface area contributed by atoms with Gasteiger partial charge in [0.15, 0.2) is 0 Å². The van der Waals surface area contributed by atoms with Crippen LogP contribution in [0.3, 0.4) is 0 Å². The van der Waals surface area contributed by atoms with Crippen LogP contribution in [0.1, 0.15) is 0 Å². The van der Waals surface area contributed by atoms with Gasteiger partial charge in [-0.1, -0.05) is 0 Å². The smallest absolute Gasteiger partial charge is 0.142 e. The maximum Gasteiger partial charge on any atom is 0.142 e. The van der Waals surface area contributed by atoms with Crippen LogP contribution in [-0.4, -0.2) is 9.97 Å². The normalized spacial score (nSPS) is 10.7. The van der Waals surface area contributed by atoms with Gasteiger partial charge in [-0.2, -0.15) is 0 Å². The van der Waals surface area contributed by atoms with Crippen LogP contribution in [0.2, 0.25) is 0 Å². The molecule has 0 fully saturated rings. The fourth-order valence-corrected chi connectivity index (χ4v) is 2.52. The van der Waals surface area contributed by atoms with Crippen molar-refractivity contribution in [1.29, 1.82) is 0 Å². The molecule has 2 nitrogen and oxygen atoms in total. The van der Waals surface area contributed by atoms with E-state index in [0.29, 0.717) is 0 Å². The molecule has 0 radical (unpaired) electrons. The van der Waals surface area contributed by atoms with Crippen LogP contribution < -0.4 is 0 Å². The summed E-state index contributed by atoms with van der Waals surface area (Å²) in [6.45, 7) is 0. The standard InChI is InChI=1S/C6H2BrIN2S/c7-4-1-3-6(11-4)9-2-5(8)10-3/h1-2H. The van der Waals surface area contributed by atoms with Crippen LogP contribution in [0, 0.1) is 3.70 Å². The maximum absolute atomic E-state index is 4.30. The van der Waals surface area contributed by atoms with E-state index in [1.807, 2.05) is 6.07 Å². The monoisotopic (exact) mass is 340 g/mol. The number of fused-ring (bicyclic) bond motifs is 1. The van der Waals surface area contributed by atoms with Gasteiger partial charge >= 0.3 is 0 Å². The zero-order valence-electron chi connectivity index (χ0n) is 5.21. The molecule has 11 heavy (non-hydrogen) atoms. The first-order valence-corrected chi connectivity index (χ1v) is 5.52. The van der Waals surface area contributed by atoms with Crippen LogP contribution in [-0.2, 0) is 0 Å². The van der Waals surface area contributed by atoms with Gasteiger partial charge in [-0.3, -0.25) is 0 Å². The van der Waals surface area contributed by atoms with E-state index < -0.39 is 0 Å². The fraction of sp³-hybridized carbons (Fsp3) is 0. The predicted molar refractivity (Wildman–Crippen MR) is 57.8 cm³/mol. The minimum Gasteiger partial charge on any atom is -0.241 e. The third-order valence-corrected chi connectivity index (χ3v) is 3.23. The fourth-order valence-electron chi connectivity index (χ4n) is 0.772. The largest absolute Gasteiger partial charge is 0.241 e. The molecule has 5 heteroatoms. The van der Waals surface area contributed by atoms with Crippen LogP contribution in [0.4, 0.5) is 0 Å². The second-order valence-electron chi connectivity index (χ2n) is 1.93. The van der Waals surface area contributed by atoms with Crippen molar-refractivity contribution in [1.82, 2.24) is 9.97 Å². The lowest BCUT2D eigenvalue weighted by Crippen LogP contribution is -1.80. The Labute approximate surface area is 89.3 Å². The number of rotatable bonds is 0. The quantitative estimate of drug-likeness (QED) is 0.689. The maximum atomic E-state index is 4.30. The Hall–Kier alpha value is 0.250. The van der Waals surface area contributed by atoms with Crippen molar-refractivity contribution in [2.45, 2.75) is 0 Å². The summed E-state index contributed by atoms with van der Waals surface area (Å²) < 4.78 is 2.01. The number of hydrogen-bond acceptors (Lipinski definition) is 3. The molecule has 0 amide bonds. The van der Waals surface area contributed by atoms with E-state index >= 15 is 0 Å². The zero-order chi connectivity index (χ0) is 7.84. The molecule has 2 heterocycles. The zero-order valence-corrected chi connectivity index (χ0v) is 9.77. The van der Waals surface area contributed by atoms with Gasteiger partial charge in [0.25, 0.3) is 0 Å². The molecule has 0 aliphatic heterocycles. The molecular weight excluding hydrogens is 339 g/mol. The Morgan fingerprint density at radius 2 is 2.36 bits per heavy atom. The Morgan fingerprint density at radius 3 is 3.18 bits per heavy atom. The average Bonchev–Trinajstić information content (AvgIpc) is 2.27. The number of thiophene rings is 1. The van der Waals surface area contributed by atoms with E-state index in [4.69, 9.17) is 0 Å². The Kier molecular flexibility index (Phi) is 2.11. The van der Waals surface area contributed by atoms with Crippen molar-refractivity contribution in [2.24, 2.45) is 0 Å². The molecule has 56 valence electrons. The van der Waals surface area contributed by atoms with Gasteiger partial charge in [0.1, 0.15) is 14.0 Å². The summed E-state index contributed by atoms with van der Waals surface area (Å²) in [5, 5.41) is 0. The number of nitrogens with zero attached hydrogens (tertiary/aromatic N) is 2. The van der Waals surface area contributed by atoms with Gasteiger partial charge in [0.05, 0.1) is 9.98 Å². The van der Waals surface area contributed by atoms with E-state index in [1.165, 1.54) is 0 Å². The molecule has 0 N–H and O–H groups in total. The van der Waals surface area contributed by atoms with E-state index in [9.17, 15) is 0 Å². The second kappa shape index (κ2) is 2.95. The molecule has 2 aromatic rings. The van der Waals surface area contributed by atoms with Crippen LogP contribution in [0.25, 0.3) is 10.3 Å². The predicted octanol–water partition coefficient (Wildman–Crippen LogP) is 3.06. The summed E-state index contributed by atoms with van der Waals surface area (Å²) in [6, 6.07) is 1.98. The minimum atomic E-state index is 0.931. The summed E-state index contributed by atoms with van der Waals surface area (Å²) in [7, 11) is 0. The topological polar surface area (TPSA) is 25.8 Å². The lowest BCUT2D eigenvalue weighted by atomic mass is 10.5. The third-order valence-electron chi connectivity index (χ3n) is 1.18. The first-order chi connectivity index (χ1) is 5.25. The van der Waals surface area contributed by atoms with Crippen molar-refractivity contribution in [2.75, 3.05) is 0 Å². The molecule has 0 bridgehead atoms. The lowest BCUT2D eigenvalue weighted by molar-refractivity contribution is 1.26. The van der Waals surface area contributed by atoms with Crippen molar-refractivity contribution < 1.29 is 0 Å². The third kappa shape index (κ3) is 1.54. The highest BCUT2D eigenvalue weighted by atomic mass is 127. The molecule has 0 unspecified atom stereocenters. The van der Waals surface area contributed by atoms with E-state index in [1.54, 1.807) is 17.5 Å². The van der Waals surface area contributed by atoms with Gasteiger partial charge in [-0.05, 0) is 44.6 Å². The summed E-state index contributed by atoms with van der Waals surface area (Å²) in [5.41, 5.74) is 0.966. The first-order valence-electron chi connectivity index (χ1n) is 2.83. The molecular formula is C6H2BrIN2S. The molecule has 0 aliphatic rings. The van der Waals surface area contributed by atoms with Crippen molar-refractivity contribution >= 4 is 60.2 Å².